The molecule has 352 valence electrons. The molecule has 0 bridgehead atoms. The van der Waals surface area contributed by atoms with Crippen molar-refractivity contribution >= 4 is 29.6 Å². The van der Waals surface area contributed by atoms with Gasteiger partial charge < -0.3 is 56.4 Å². The van der Waals surface area contributed by atoms with E-state index in [4.69, 9.17) is 30.4 Å². The van der Waals surface area contributed by atoms with Gasteiger partial charge in [0.05, 0.1) is 45.7 Å². The van der Waals surface area contributed by atoms with Gasteiger partial charge in [-0.3, -0.25) is 28.9 Å². The number of rotatable bonds is 31. The Kier molecular flexibility index (Phi) is 24.4. The minimum absolute atomic E-state index is 0.0320. The monoisotopic (exact) mass is 884 g/mol. The summed E-state index contributed by atoms with van der Waals surface area (Å²) in [5.74, 6) is -3.11. The maximum Gasteiger partial charge on any atom is 0.323 e. The van der Waals surface area contributed by atoms with Crippen LogP contribution in [0.5, 0.6) is 0 Å². The Hall–Kier alpha value is -4.49. The molecule has 1 saturated heterocycles. The average molecular weight is 884 g/mol. The number of nitrogens with zero attached hydrogens (tertiary/aromatic N) is 2. The molecule has 1 fully saturated rings. The van der Waals surface area contributed by atoms with Gasteiger partial charge in [0, 0.05) is 46.8 Å². The lowest BCUT2D eigenvalue weighted by Crippen LogP contribution is -2.60. The number of carbonyl (C=O) groups is 5. The van der Waals surface area contributed by atoms with E-state index >= 15 is 0 Å². The second-order valence-corrected chi connectivity index (χ2v) is 16.6. The number of benzene rings is 2. The summed E-state index contributed by atoms with van der Waals surface area (Å²) >= 11 is 0. The number of carbonyl (C=O) groups excluding carboxylic acids is 4. The number of hydrogen-bond acceptors (Lipinski definition) is 12. The first-order valence-corrected chi connectivity index (χ1v) is 22.2. The summed E-state index contributed by atoms with van der Waals surface area (Å²) < 4.78 is 21.6. The summed E-state index contributed by atoms with van der Waals surface area (Å²) in [5, 5.41) is 18.4. The fourth-order valence-corrected chi connectivity index (χ4v) is 7.26. The molecule has 0 spiro atoms. The molecule has 2 aromatic rings. The molecule has 17 nitrogen and oxygen atoms in total. The van der Waals surface area contributed by atoms with E-state index in [2.05, 4.69) is 20.9 Å². The number of hydrogen-bond donors (Lipinski definition) is 6. The molecule has 0 aromatic heterocycles. The topological polar surface area (TPSA) is 237 Å². The van der Waals surface area contributed by atoms with Crippen molar-refractivity contribution < 1.29 is 48.0 Å². The highest BCUT2D eigenvalue weighted by Crippen LogP contribution is 2.22. The van der Waals surface area contributed by atoms with E-state index in [1.807, 2.05) is 74.5 Å². The average Bonchev–Trinajstić information content (AvgIpc) is 3.26. The summed E-state index contributed by atoms with van der Waals surface area (Å²) in [6.07, 6.45) is 2.37. The zero-order chi connectivity index (χ0) is 46.0. The Morgan fingerprint density at radius 3 is 1.73 bits per heavy atom. The van der Waals surface area contributed by atoms with Crippen LogP contribution in [0, 0.1) is 5.92 Å². The van der Waals surface area contributed by atoms with Crippen LogP contribution in [0.3, 0.4) is 0 Å². The summed E-state index contributed by atoms with van der Waals surface area (Å²) in [7, 11) is 3.24. The number of nitrogens with one attached hydrogen (secondary N) is 3. The highest BCUT2D eigenvalue weighted by Gasteiger charge is 2.40. The Labute approximate surface area is 373 Å². The quantitative estimate of drug-likeness (QED) is 0.0590. The van der Waals surface area contributed by atoms with Crippen LogP contribution in [0.2, 0.25) is 0 Å². The Morgan fingerprint density at radius 2 is 1.21 bits per heavy atom. The zero-order valence-corrected chi connectivity index (χ0v) is 37.8. The van der Waals surface area contributed by atoms with Crippen LogP contribution in [0.25, 0.3) is 0 Å². The minimum atomic E-state index is -1.44. The molecule has 2 aromatic carbocycles. The molecule has 63 heavy (non-hydrogen) atoms. The van der Waals surface area contributed by atoms with Gasteiger partial charge in [0.15, 0.2) is 0 Å². The van der Waals surface area contributed by atoms with E-state index in [0.717, 1.165) is 11.1 Å². The largest absolute Gasteiger partial charge is 0.480 e. The van der Waals surface area contributed by atoms with Crippen molar-refractivity contribution in [2.75, 3.05) is 86.6 Å². The molecular weight excluding hydrogens is 811 g/mol. The maximum absolute atomic E-state index is 14.3. The first-order chi connectivity index (χ1) is 30.3. The fourth-order valence-electron chi connectivity index (χ4n) is 7.26. The summed E-state index contributed by atoms with van der Waals surface area (Å²) in [6.45, 7) is 9.06. The number of carboxylic acids is 1. The van der Waals surface area contributed by atoms with E-state index in [1.54, 1.807) is 19.1 Å². The van der Waals surface area contributed by atoms with Crippen LogP contribution < -0.4 is 27.4 Å². The smallest absolute Gasteiger partial charge is 0.323 e. The number of likely N-dealkylation sites (tertiary alicyclic amines) is 1. The molecular formula is C46H73N7O10. The predicted molar refractivity (Wildman–Crippen MR) is 240 cm³/mol. The normalized spacial score (nSPS) is 15.7. The molecule has 1 aliphatic heterocycles. The second kappa shape index (κ2) is 29.1. The van der Waals surface area contributed by atoms with Crippen LogP contribution in [0.15, 0.2) is 60.7 Å². The predicted octanol–water partition coefficient (Wildman–Crippen LogP) is 1.50. The third kappa shape index (κ3) is 19.8. The van der Waals surface area contributed by atoms with Crippen LogP contribution in [0.1, 0.15) is 63.5 Å². The number of nitrogens with two attached hydrogens (primary N) is 2. The molecule has 8 N–H and O–H groups in total. The Balaban J connectivity index is 1.77. The molecule has 1 aliphatic rings. The number of carboxylic acid groups (broad SMARTS) is 1. The molecule has 0 saturated carbocycles. The lowest BCUT2D eigenvalue weighted by Gasteiger charge is -2.38. The van der Waals surface area contributed by atoms with E-state index in [1.165, 1.54) is 0 Å². The van der Waals surface area contributed by atoms with Gasteiger partial charge in [0.2, 0.25) is 23.6 Å². The molecule has 0 aliphatic carbocycles. The first kappa shape index (κ1) is 52.9. The summed E-state index contributed by atoms with van der Waals surface area (Å²) in [6, 6.07) is 14.6. The van der Waals surface area contributed by atoms with Crippen molar-refractivity contribution in [3.63, 3.8) is 0 Å². The van der Waals surface area contributed by atoms with Gasteiger partial charge in [-0.1, -0.05) is 74.5 Å². The van der Waals surface area contributed by atoms with Crippen molar-refractivity contribution in [3.05, 3.63) is 71.8 Å². The third-order valence-electron chi connectivity index (χ3n) is 11.1. The van der Waals surface area contributed by atoms with E-state index in [0.29, 0.717) is 78.5 Å². The lowest BCUT2D eigenvalue weighted by molar-refractivity contribution is -0.148. The molecule has 3 rings (SSSR count). The molecule has 17 heteroatoms. The molecule has 4 amide bonds. The minimum Gasteiger partial charge on any atom is -0.480 e. The Morgan fingerprint density at radius 1 is 0.698 bits per heavy atom. The number of amides is 4. The second-order valence-electron chi connectivity index (χ2n) is 16.6. The number of unbranched alkanes of at least 4 members (excludes halogenated alkanes) is 1. The van der Waals surface area contributed by atoms with Crippen LogP contribution in [0.4, 0.5) is 0 Å². The lowest BCUT2D eigenvalue weighted by atomic mass is 9.88. The summed E-state index contributed by atoms with van der Waals surface area (Å²) in [5.41, 5.74) is 12.7. The van der Waals surface area contributed by atoms with Crippen molar-refractivity contribution in [1.82, 2.24) is 25.8 Å². The number of aliphatic carboxylic acids is 1. The summed E-state index contributed by atoms with van der Waals surface area (Å²) in [4.78, 5) is 71.7. The molecule has 0 radical (unpaired) electrons. The maximum atomic E-state index is 14.3. The van der Waals surface area contributed by atoms with Gasteiger partial charge in [0.25, 0.3) is 0 Å². The van der Waals surface area contributed by atoms with Gasteiger partial charge in [-0.25, -0.2) is 0 Å². The van der Waals surface area contributed by atoms with Crippen LogP contribution >= 0.6 is 0 Å². The standard InChI is InChI=1S/C46H73N7O10/c1-34(2)31-39(51-43(56)40(33-36-15-9-6-10-16-36)50-41(54)37(47)32-35-13-7-5-8-14-35)42(55)49-38(44(57)53-21-18-46(48,19-22-53)45(58)59)17-11-12-20-52(23-25-62-29-27-60-3)24-26-63-30-28-61-4/h5-10,13-16,34,37-40H,11-12,17-33,47-48H2,1-4H3,(H,49,55)(H,50,54)(H,51,56)(H,58,59)/t37-,38?,39-,40?/m1/s1. The van der Waals surface area contributed by atoms with E-state index in [-0.39, 0.29) is 57.0 Å². The van der Waals surface area contributed by atoms with Crippen molar-refractivity contribution in [2.24, 2.45) is 17.4 Å². The third-order valence-corrected chi connectivity index (χ3v) is 11.1. The number of methoxy groups -OCH3 is 2. The van der Waals surface area contributed by atoms with Crippen molar-refractivity contribution in [2.45, 2.75) is 94.9 Å². The van der Waals surface area contributed by atoms with Gasteiger partial charge >= 0.3 is 5.97 Å². The Bertz CT molecular complexity index is 1630. The van der Waals surface area contributed by atoms with E-state index in [9.17, 15) is 29.1 Å². The van der Waals surface area contributed by atoms with Gasteiger partial charge in [-0.05, 0) is 68.5 Å². The van der Waals surface area contributed by atoms with Crippen LogP contribution in [-0.4, -0.2) is 161 Å². The van der Waals surface area contributed by atoms with E-state index < -0.39 is 53.4 Å². The van der Waals surface area contributed by atoms with Crippen LogP contribution in [-0.2, 0) is 55.8 Å². The van der Waals surface area contributed by atoms with Crippen molar-refractivity contribution in [1.29, 1.82) is 0 Å². The molecule has 2 unspecified atom stereocenters. The molecule has 4 atom stereocenters. The fraction of sp³-hybridized carbons (Fsp3) is 0.630. The number of ether oxygens (including phenoxy) is 4. The highest BCUT2D eigenvalue weighted by molar-refractivity contribution is 5.95. The van der Waals surface area contributed by atoms with Crippen molar-refractivity contribution in [3.8, 4) is 0 Å². The number of piperidine rings is 1. The van der Waals surface area contributed by atoms with Gasteiger partial charge in [-0.2, -0.15) is 0 Å². The van der Waals surface area contributed by atoms with Gasteiger partial charge in [-0.15, -0.1) is 0 Å². The first-order valence-electron chi connectivity index (χ1n) is 22.2. The van der Waals surface area contributed by atoms with Gasteiger partial charge in [0.1, 0.15) is 23.7 Å². The zero-order valence-electron chi connectivity index (χ0n) is 37.8. The highest BCUT2D eigenvalue weighted by atomic mass is 16.5. The SMILES string of the molecule is COCCOCCN(CCCCC(NC(=O)[C@@H](CC(C)C)NC(=O)C(Cc1ccccc1)NC(=O)[C@H](N)Cc1ccccc1)C(=O)N1CCC(N)(C(=O)O)CC1)CCOCCOC. The molecule has 1 heterocycles.